The molecule has 0 aromatic heterocycles. The van der Waals surface area contributed by atoms with Crippen molar-refractivity contribution in [2.45, 2.75) is 64.0 Å². The van der Waals surface area contributed by atoms with Gasteiger partial charge in [-0.1, -0.05) is 30.3 Å². The Labute approximate surface area is 159 Å². The topological polar surface area (TPSA) is 65.1 Å². The first-order valence-corrected chi connectivity index (χ1v) is 9.52. The zero-order chi connectivity index (χ0) is 19.6. The highest BCUT2D eigenvalue weighted by Crippen LogP contribution is 2.62. The Balaban J connectivity index is 1.58. The van der Waals surface area contributed by atoms with Gasteiger partial charge in [-0.05, 0) is 40.2 Å². The van der Waals surface area contributed by atoms with Crippen LogP contribution in [0.5, 0.6) is 0 Å². The number of amides is 1. The first-order chi connectivity index (χ1) is 12.6. The third-order valence-electron chi connectivity index (χ3n) is 5.65. The van der Waals surface area contributed by atoms with Crippen LogP contribution in [0.2, 0.25) is 0 Å². The number of hydrogen-bond donors (Lipinski definition) is 0. The van der Waals surface area contributed by atoms with Gasteiger partial charge in [0.2, 0.25) is 0 Å². The van der Waals surface area contributed by atoms with Gasteiger partial charge in [0.1, 0.15) is 17.4 Å². The number of carbonyl (C=O) groups excluding carboxylic acids is 2. The van der Waals surface area contributed by atoms with E-state index in [-0.39, 0.29) is 35.9 Å². The lowest BCUT2D eigenvalue weighted by Crippen LogP contribution is -2.54. The molecular formula is C21H27NO5. The number of ether oxygens (including phenoxy) is 3. The summed E-state index contributed by atoms with van der Waals surface area (Å²) in [6.45, 7) is 9.51. The van der Waals surface area contributed by atoms with Gasteiger partial charge < -0.3 is 14.2 Å². The van der Waals surface area contributed by atoms with E-state index in [1.54, 1.807) is 4.90 Å². The quantitative estimate of drug-likeness (QED) is 0.744. The molecule has 0 spiro atoms. The molecule has 2 heterocycles. The molecule has 1 aromatic carbocycles. The standard InChI is InChI=1S/C21H27NO5/c1-20(2,3)27-19(24)22-13(11-25-21(22,4)5)17-15-14(16(15)18(23)26-17)12-9-7-6-8-10-12/h6-10,13-17H,11H2,1-5H3/t13-,14-,15-,16+,17+/m0/s1. The van der Waals surface area contributed by atoms with E-state index in [0.29, 0.717) is 6.61 Å². The van der Waals surface area contributed by atoms with Crippen molar-refractivity contribution in [3.8, 4) is 0 Å². The number of cyclic esters (lactones) is 1. The predicted octanol–water partition coefficient (Wildman–Crippen LogP) is 3.31. The molecule has 27 heavy (non-hydrogen) atoms. The van der Waals surface area contributed by atoms with Crippen LogP contribution in [0.4, 0.5) is 4.79 Å². The van der Waals surface area contributed by atoms with Crippen LogP contribution in [0.3, 0.4) is 0 Å². The van der Waals surface area contributed by atoms with E-state index in [1.165, 1.54) is 0 Å². The molecule has 3 fully saturated rings. The van der Waals surface area contributed by atoms with E-state index in [4.69, 9.17) is 14.2 Å². The van der Waals surface area contributed by atoms with Crippen LogP contribution < -0.4 is 0 Å². The van der Waals surface area contributed by atoms with Gasteiger partial charge in [0.05, 0.1) is 18.6 Å². The fraction of sp³-hybridized carbons (Fsp3) is 0.619. The van der Waals surface area contributed by atoms with Crippen molar-refractivity contribution in [1.82, 2.24) is 4.90 Å². The third kappa shape index (κ3) is 3.10. The van der Waals surface area contributed by atoms with Gasteiger partial charge in [-0.2, -0.15) is 0 Å². The smallest absolute Gasteiger partial charge is 0.413 e. The van der Waals surface area contributed by atoms with E-state index in [9.17, 15) is 9.59 Å². The molecule has 1 aromatic rings. The Bertz CT molecular complexity index is 754. The van der Waals surface area contributed by atoms with Gasteiger partial charge in [0.25, 0.3) is 0 Å². The minimum atomic E-state index is -0.811. The second-order valence-corrected chi connectivity index (χ2v) is 9.12. The fourth-order valence-corrected chi connectivity index (χ4v) is 4.52. The Morgan fingerprint density at radius 1 is 1.19 bits per heavy atom. The molecule has 6 heteroatoms. The second kappa shape index (κ2) is 5.96. The summed E-state index contributed by atoms with van der Waals surface area (Å²) >= 11 is 0. The molecular weight excluding hydrogens is 346 g/mol. The molecule has 4 rings (SSSR count). The summed E-state index contributed by atoms with van der Waals surface area (Å²) in [5, 5.41) is 0. The molecule has 1 saturated carbocycles. The summed E-state index contributed by atoms with van der Waals surface area (Å²) in [6.07, 6.45) is -0.812. The van der Waals surface area contributed by atoms with Crippen molar-refractivity contribution in [1.29, 1.82) is 0 Å². The number of nitrogens with zero attached hydrogens (tertiary/aromatic N) is 1. The van der Waals surface area contributed by atoms with Crippen molar-refractivity contribution in [2.24, 2.45) is 11.8 Å². The minimum Gasteiger partial charge on any atom is -0.459 e. The number of rotatable bonds is 2. The van der Waals surface area contributed by atoms with Gasteiger partial charge in [-0.3, -0.25) is 9.69 Å². The Kier molecular flexibility index (Phi) is 4.04. The van der Waals surface area contributed by atoms with Crippen LogP contribution in [-0.2, 0) is 19.0 Å². The molecule has 5 atom stereocenters. The van der Waals surface area contributed by atoms with E-state index in [2.05, 4.69) is 0 Å². The molecule has 2 aliphatic heterocycles. The highest BCUT2D eigenvalue weighted by molar-refractivity contribution is 5.82. The van der Waals surface area contributed by atoms with E-state index >= 15 is 0 Å². The van der Waals surface area contributed by atoms with Crippen molar-refractivity contribution in [2.75, 3.05) is 6.61 Å². The largest absolute Gasteiger partial charge is 0.459 e. The monoisotopic (exact) mass is 373 g/mol. The molecule has 6 nitrogen and oxygen atoms in total. The van der Waals surface area contributed by atoms with Gasteiger partial charge >= 0.3 is 12.1 Å². The molecule has 3 aliphatic rings. The number of fused-ring (bicyclic) bond motifs is 1. The molecule has 1 aliphatic carbocycles. The summed E-state index contributed by atoms with van der Waals surface area (Å²) in [4.78, 5) is 26.9. The number of esters is 1. The van der Waals surface area contributed by atoms with Gasteiger partial charge in [-0.15, -0.1) is 0 Å². The molecule has 146 valence electrons. The average Bonchev–Trinajstić information content (AvgIpc) is 3.10. The van der Waals surface area contributed by atoms with E-state index in [0.717, 1.165) is 5.56 Å². The van der Waals surface area contributed by atoms with Crippen LogP contribution in [0.15, 0.2) is 30.3 Å². The van der Waals surface area contributed by atoms with Crippen LogP contribution in [0, 0.1) is 11.8 Å². The number of benzene rings is 1. The normalized spacial score (nSPS) is 34.2. The molecule has 1 amide bonds. The van der Waals surface area contributed by atoms with Crippen molar-refractivity contribution in [3.05, 3.63) is 35.9 Å². The summed E-state index contributed by atoms with van der Waals surface area (Å²) in [5.41, 5.74) is -0.271. The highest BCUT2D eigenvalue weighted by Gasteiger charge is 2.69. The molecule has 2 saturated heterocycles. The molecule has 0 N–H and O–H groups in total. The SMILES string of the molecule is CC(C)(C)OC(=O)N1[C@H]([C@H]2OC(=O)[C@@H]3[C@@H](c4ccccc4)[C@H]23)COC1(C)C. The Hall–Kier alpha value is -2.08. The lowest BCUT2D eigenvalue weighted by molar-refractivity contribution is -0.148. The molecule has 0 bridgehead atoms. The van der Waals surface area contributed by atoms with Crippen LogP contribution in [0.25, 0.3) is 0 Å². The maximum atomic E-state index is 12.9. The molecule has 0 unspecified atom stereocenters. The number of carbonyl (C=O) groups is 2. The van der Waals surface area contributed by atoms with Crippen molar-refractivity contribution < 1.29 is 23.8 Å². The predicted molar refractivity (Wildman–Crippen MR) is 97.9 cm³/mol. The minimum absolute atomic E-state index is 0.0762. The summed E-state index contributed by atoms with van der Waals surface area (Å²) in [5.74, 6) is -0.0664. The van der Waals surface area contributed by atoms with Crippen LogP contribution in [-0.4, -0.2) is 47.0 Å². The first kappa shape index (κ1) is 18.3. The zero-order valence-corrected chi connectivity index (χ0v) is 16.5. The maximum Gasteiger partial charge on any atom is 0.413 e. The lowest BCUT2D eigenvalue weighted by atomic mass is 10.0. The Morgan fingerprint density at radius 3 is 2.48 bits per heavy atom. The second-order valence-electron chi connectivity index (χ2n) is 9.12. The van der Waals surface area contributed by atoms with Gasteiger partial charge in [0, 0.05) is 11.8 Å². The summed E-state index contributed by atoms with van der Waals surface area (Å²) in [7, 11) is 0. The first-order valence-electron chi connectivity index (χ1n) is 9.52. The van der Waals surface area contributed by atoms with Crippen molar-refractivity contribution in [3.63, 3.8) is 0 Å². The van der Waals surface area contributed by atoms with E-state index < -0.39 is 17.4 Å². The lowest BCUT2D eigenvalue weighted by Gasteiger charge is -2.37. The summed E-state index contributed by atoms with van der Waals surface area (Å²) in [6, 6.07) is 9.69. The van der Waals surface area contributed by atoms with Gasteiger partial charge in [-0.25, -0.2) is 4.79 Å². The Morgan fingerprint density at radius 2 is 1.85 bits per heavy atom. The highest BCUT2D eigenvalue weighted by atomic mass is 16.6. The summed E-state index contributed by atoms with van der Waals surface area (Å²) < 4.78 is 17.2. The third-order valence-corrected chi connectivity index (χ3v) is 5.65. The maximum absolute atomic E-state index is 12.9. The van der Waals surface area contributed by atoms with E-state index in [1.807, 2.05) is 65.0 Å². The van der Waals surface area contributed by atoms with Crippen LogP contribution >= 0.6 is 0 Å². The average molecular weight is 373 g/mol. The molecule has 0 radical (unpaired) electrons. The number of hydrogen-bond acceptors (Lipinski definition) is 5. The van der Waals surface area contributed by atoms with Crippen molar-refractivity contribution >= 4 is 12.1 Å². The zero-order valence-electron chi connectivity index (χ0n) is 16.5. The fourth-order valence-electron chi connectivity index (χ4n) is 4.52. The van der Waals surface area contributed by atoms with Crippen LogP contribution in [0.1, 0.15) is 46.1 Å². The van der Waals surface area contributed by atoms with Gasteiger partial charge in [0.15, 0.2) is 0 Å².